The van der Waals surface area contributed by atoms with E-state index in [1.165, 1.54) is 12.5 Å². The van der Waals surface area contributed by atoms with E-state index in [1.54, 1.807) is 6.07 Å². The van der Waals surface area contributed by atoms with Gasteiger partial charge in [0.2, 0.25) is 0 Å². The number of hydrogen-bond acceptors (Lipinski definition) is 3. The van der Waals surface area contributed by atoms with Gasteiger partial charge in [-0.15, -0.1) is 0 Å². The SMILES string of the molecule is COC(=O)c1ccccc1Nc1ccc2[nH]c3ccccc3c2c1. The number of ether oxygens (including phenoxy) is 1. The fourth-order valence-corrected chi connectivity index (χ4v) is 2.96. The first-order chi connectivity index (χ1) is 11.8. The fraction of sp³-hybridized carbons (Fsp3) is 0.0500. The van der Waals surface area contributed by atoms with Gasteiger partial charge in [-0.1, -0.05) is 30.3 Å². The van der Waals surface area contributed by atoms with Crippen molar-refractivity contribution in [2.75, 3.05) is 12.4 Å². The molecule has 4 heteroatoms. The van der Waals surface area contributed by atoms with Crippen molar-refractivity contribution in [2.45, 2.75) is 0 Å². The van der Waals surface area contributed by atoms with Crippen LogP contribution in [0.4, 0.5) is 11.4 Å². The van der Waals surface area contributed by atoms with Crippen molar-refractivity contribution < 1.29 is 9.53 Å². The van der Waals surface area contributed by atoms with E-state index >= 15 is 0 Å². The van der Waals surface area contributed by atoms with Gasteiger partial charge >= 0.3 is 5.97 Å². The second-order valence-corrected chi connectivity index (χ2v) is 5.59. The minimum absolute atomic E-state index is 0.355. The summed E-state index contributed by atoms with van der Waals surface area (Å²) in [6.45, 7) is 0. The molecule has 3 aromatic carbocycles. The number of carbonyl (C=O) groups is 1. The number of aromatic amines is 1. The summed E-state index contributed by atoms with van der Waals surface area (Å²) in [7, 11) is 1.39. The summed E-state index contributed by atoms with van der Waals surface area (Å²) >= 11 is 0. The van der Waals surface area contributed by atoms with Gasteiger partial charge in [0.05, 0.1) is 18.4 Å². The van der Waals surface area contributed by atoms with Crippen molar-refractivity contribution in [3.63, 3.8) is 0 Å². The molecule has 0 atom stereocenters. The van der Waals surface area contributed by atoms with Crippen molar-refractivity contribution >= 4 is 39.1 Å². The molecule has 0 fully saturated rings. The Labute approximate surface area is 139 Å². The molecule has 0 aliphatic rings. The van der Waals surface area contributed by atoms with Gasteiger partial charge in [-0.2, -0.15) is 0 Å². The van der Waals surface area contributed by atoms with E-state index in [0.717, 1.165) is 27.8 Å². The first-order valence-electron chi connectivity index (χ1n) is 7.71. The Morgan fingerprint density at radius 2 is 1.67 bits per heavy atom. The molecule has 0 saturated carbocycles. The highest BCUT2D eigenvalue weighted by Gasteiger charge is 2.11. The standard InChI is InChI=1S/C20H16N2O2/c1-24-20(23)15-7-3-5-9-18(15)21-13-10-11-19-16(12-13)14-6-2-4-8-17(14)22-19/h2-12,21-22H,1H3. The van der Waals surface area contributed by atoms with Crippen molar-refractivity contribution in [3.05, 3.63) is 72.3 Å². The Kier molecular flexibility index (Phi) is 3.43. The lowest BCUT2D eigenvalue weighted by Gasteiger charge is -2.10. The first-order valence-corrected chi connectivity index (χ1v) is 7.71. The Morgan fingerprint density at radius 3 is 2.54 bits per heavy atom. The number of para-hydroxylation sites is 2. The molecule has 0 radical (unpaired) electrons. The molecule has 118 valence electrons. The minimum Gasteiger partial charge on any atom is -0.465 e. The van der Waals surface area contributed by atoms with Crippen molar-refractivity contribution in [2.24, 2.45) is 0 Å². The average Bonchev–Trinajstić information content (AvgIpc) is 2.99. The Hall–Kier alpha value is -3.27. The van der Waals surface area contributed by atoms with Crippen LogP contribution in [0.3, 0.4) is 0 Å². The molecule has 2 N–H and O–H groups in total. The van der Waals surface area contributed by atoms with Crippen LogP contribution in [0.25, 0.3) is 21.8 Å². The van der Waals surface area contributed by atoms with Gasteiger partial charge in [0.1, 0.15) is 0 Å². The normalized spacial score (nSPS) is 10.9. The maximum absolute atomic E-state index is 11.9. The molecule has 0 aliphatic carbocycles. The van der Waals surface area contributed by atoms with Crippen LogP contribution in [0.15, 0.2) is 66.7 Å². The van der Waals surface area contributed by atoms with E-state index in [0.29, 0.717) is 5.56 Å². The molecule has 4 aromatic rings. The Bertz CT molecular complexity index is 1050. The van der Waals surface area contributed by atoms with Crippen molar-refractivity contribution in [1.29, 1.82) is 0 Å². The van der Waals surface area contributed by atoms with Crippen LogP contribution in [-0.2, 0) is 4.74 Å². The summed E-state index contributed by atoms with van der Waals surface area (Å²) in [4.78, 5) is 15.3. The third-order valence-electron chi connectivity index (χ3n) is 4.12. The predicted octanol–water partition coefficient (Wildman–Crippen LogP) is 4.85. The number of rotatable bonds is 3. The third-order valence-corrected chi connectivity index (χ3v) is 4.12. The van der Waals surface area contributed by atoms with Crippen molar-refractivity contribution in [3.8, 4) is 0 Å². The molecule has 1 heterocycles. The Balaban J connectivity index is 1.78. The van der Waals surface area contributed by atoms with Crippen LogP contribution in [0.1, 0.15) is 10.4 Å². The van der Waals surface area contributed by atoms with Gasteiger partial charge in [0.15, 0.2) is 0 Å². The average molecular weight is 316 g/mol. The third kappa shape index (κ3) is 2.38. The molecule has 1 aromatic heterocycles. The van der Waals surface area contributed by atoms with Crippen molar-refractivity contribution in [1.82, 2.24) is 4.98 Å². The number of carbonyl (C=O) groups excluding carboxylic acids is 1. The summed E-state index contributed by atoms with van der Waals surface area (Å²) in [5.74, 6) is -0.355. The summed E-state index contributed by atoms with van der Waals surface area (Å²) < 4.78 is 4.85. The smallest absolute Gasteiger partial charge is 0.339 e. The molecule has 0 unspecified atom stereocenters. The Morgan fingerprint density at radius 1 is 0.917 bits per heavy atom. The van der Waals surface area contributed by atoms with E-state index in [1.807, 2.05) is 42.5 Å². The topological polar surface area (TPSA) is 54.1 Å². The number of anilines is 2. The van der Waals surface area contributed by atoms with Crippen LogP contribution in [0, 0.1) is 0 Å². The highest BCUT2D eigenvalue weighted by atomic mass is 16.5. The highest BCUT2D eigenvalue weighted by molar-refractivity contribution is 6.08. The van der Waals surface area contributed by atoms with Crippen LogP contribution >= 0.6 is 0 Å². The molecular weight excluding hydrogens is 300 g/mol. The second kappa shape index (κ2) is 5.74. The molecule has 0 saturated heterocycles. The van der Waals surface area contributed by atoms with Crippen LogP contribution in [0.2, 0.25) is 0 Å². The van der Waals surface area contributed by atoms with E-state index in [2.05, 4.69) is 28.5 Å². The molecule has 0 aliphatic heterocycles. The molecule has 0 amide bonds. The summed E-state index contributed by atoms with van der Waals surface area (Å²) in [6, 6.07) is 21.6. The number of fused-ring (bicyclic) bond motifs is 3. The second-order valence-electron chi connectivity index (χ2n) is 5.59. The van der Waals surface area contributed by atoms with Gasteiger partial charge in [-0.25, -0.2) is 4.79 Å². The number of methoxy groups -OCH3 is 1. The van der Waals surface area contributed by atoms with Gasteiger partial charge in [0, 0.05) is 27.5 Å². The molecule has 4 rings (SSSR count). The molecule has 0 spiro atoms. The highest BCUT2D eigenvalue weighted by Crippen LogP contribution is 2.29. The lowest BCUT2D eigenvalue weighted by Crippen LogP contribution is -2.05. The summed E-state index contributed by atoms with van der Waals surface area (Å²) in [5, 5.41) is 5.64. The zero-order valence-corrected chi connectivity index (χ0v) is 13.2. The molecular formula is C20H16N2O2. The largest absolute Gasteiger partial charge is 0.465 e. The molecule has 4 nitrogen and oxygen atoms in total. The first kappa shape index (κ1) is 14.3. The van der Waals surface area contributed by atoms with Gasteiger partial charge < -0.3 is 15.0 Å². The maximum atomic E-state index is 11.9. The number of hydrogen-bond donors (Lipinski definition) is 2. The molecule has 24 heavy (non-hydrogen) atoms. The van der Waals surface area contributed by atoms with Crippen LogP contribution < -0.4 is 5.32 Å². The predicted molar refractivity (Wildman–Crippen MR) is 96.9 cm³/mol. The number of benzene rings is 3. The maximum Gasteiger partial charge on any atom is 0.339 e. The van der Waals surface area contributed by atoms with Gasteiger partial charge in [-0.05, 0) is 36.4 Å². The van der Waals surface area contributed by atoms with E-state index in [9.17, 15) is 4.79 Å². The minimum atomic E-state index is -0.355. The van der Waals surface area contributed by atoms with Gasteiger partial charge in [0.25, 0.3) is 0 Å². The number of H-pyrrole nitrogens is 1. The number of aromatic nitrogens is 1. The molecule has 0 bridgehead atoms. The quantitative estimate of drug-likeness (QED) is 0.531. The lowest BCUT2D eigenvalue weighted by atomic mass is 10.1. The number of esters is 1. The van der Waals surface area contributed by atoms with E-state index < -0.39 is 0 Å². The fourth-order valence-electron chi connectivity index (χ4n) is 2.96. The lowest BCUT2D eigenvalue weighted by molar-refractivity contribution is 0.0602. The van der Waals surface area contributed by atoms with Gasteiger partial charge in [-0.3, -0.25) is 0 Å². The zero-order valence-electron chi connectivity index (χ0n) is 13.2. The monoisotopic (exact) mass is 316 g/mol. The van der Waals surface area contributed by atoms with E-state index in [4.69, 9.17) is 4.74 Å². The number of nitrogens with one attached hydrogen (secondary N) is 2. The summed E-state index contributed by atoms with van der Waals surface area (Å²) in [5.41, 5.74) is 4.36. The van der Waals surface area contributed by atoms with Crippen LogP contribution in [0.5, 0.6) is 0 Å². The zero-order chi connectivity index (χ0) is 16.5. The van der Waals surface area contributed by atoms with Crippen LogP contribution in [-0.4, -0.2) is 18.1 Å². The van der Waals surface area contributed by atoms with E-state index in [-0.39, 0.29) is 5.97 Å². The summed E-state index contributed by atoms with van der Waals surface area (Å²) in [6.07, 6.45) is 0.